The number of halogens is 4. The Morgan fingerprint density at radius 2 is 1.49 bits per heavy atom. The molecule has 0 unspecified atom stereocenters. The molecule has 0 bridgehead atoms. The normalized spacial score (nSPS) is 11.1. The second-order valence-corrected chi connectivity index (χ2v) is 13.0. The van der Waals surface area contributed by atoms with E-state index in [-0.39, 0.29) is 37.5 Å². The number of amides is 1. The molecule has 1 aromatic heterocycles. The lowest BCUT2D eigenvalue weighted by molar-refractivity contribution is -0.116. The number of hydrogen-bond donors (Lipinski definition) is 5. The fourth-order valence-electron chi connectivity index (χ4n) is 4.62. The summed E-state index contributed by atoms with van der Waals surface area (Å²) in [5.41, 5.74) is 6.22. The first-order valence-electron chi connectivity index (χ1n) is 14.5. The summed E-state index contributed by atoms with van der Waals surface area (Å²) < 4.78 is 1.14. The molecule has 3 aromatic rings. The number of H-pyrrole nitrogens is 1. The van der Waals surface area contributed by atoms with E-state index in [4.69, 9.17) is 57.5 Å². The lowest BCUT2D eigenvalue weighted by Crippen LogP contribution is -2.17. The third-order valence-corrected chi connectivity index (χ3v) is 8.71. The molecular weight excluding hydrogens is 650 g/mol. The van der Waals surface area contributed by atoms with Crippen molar-refractivity contribution in [2.75, 3.05) is 10.6 Å². The van der Waals surface area contributed by atoms with Crippen LogP contribution in [0.5, 0.6) is 0 Å². The number of nitrogens with two attached hydrogens (primary N) is 1. The van der Waals surface area contributed by atoms with Crippen molar-refractivity contribution in [1.82, 2.24) is 9.78 Å². The van der Waals surface area contributed by atoms with Crippen molar-refractivity contribution in [2.45, 2.75) is 88.9 Å². The molecule has 234 valence electrons. The van der Waals surface area contributed by atoms with Gasteiger partial charge in [0.25, 0.3) is 5.56 Å². The molecule has 0 aliphatic rings. The van der Waals surface area contributed by atoms with Crippen LogP contribution in [0.4, 0.5) is 17.2 Å². The van der Waals surface area contributed by atoms with Crippen molar-refractivity contribution in [2.24, 2.45) is 5.73 Å². The molecular formula is C30H38Cl4N6O2S. The van der Waals surface area contributed by atoms with Gasteiger partial charge in [-0.3, -0.25) is 20.1 Å². The van der Waals surface area contributed by atoms with Gasteiger partial charge < -0.3 is 16.4 Å². The zero-order valence-corrected chi connectivity index (χ0v) is 28.0. The van der Waals surface area contributed by atoms with Crippen molar-refractivity contribution in [3.8, 4) is 5.69 Å². The first kappa shape index (κ1) is 35.2. The minimum Gasteiger partial charge on any atom is -0.378 e. The number of unbranched alkanes of at least 4 members (excludes halogenated alkanes) is 10. The molecule has 0 saturated carbocycles. The highest BCUT2D eigenvalue weighted by Gasteiger charge is 2.22. The van der Waals surface area contributed by atoms with E-state index >= 15 is 0 Å². The molecule has 0 aliphatic heterocycles. The first-order valence-corrected chi connectivity index (χ1v) is 16.8. The summed E-state index contributed by atoms with van der Waals surface area (Å²) in [6.07, 6.45) is 13.8. The summed E-state index contributed by atoms with van der Waals surface area (Å²) in [6.45, 7) is 2.24. The predicted octanol–water partition coefficient (Wildman–Crippen LogP) is 10.1. The number of carbonyl (C=O) groups excluding carboxylic acids is 1. The van der Waals surface area contributed by atoms with E-state index in [0.29, 0.717) is 27.8 Å². The fraction of sp³-hybridized carbons (Fsp3) is 0.433. The molecule has 0 saturated heterocycles. The van der Waals surface area contributed by atoms with Gasteiger partial charge >= 0.3 is 0 Å². The summed E-state index contributed by atoms with van der Waals surface area (Å²) in [5.74, 6) is 0.127. The maximum absolute atomic E-state index is 13.3. The van der Waals surface area contributed by atoms with Gasteiger partial charge in [0.2, 0.25) is 5.91 Å². The number of aromatic amines is 1. The zero-order valence-electron chi connectivity index (χ0n) is 24.1. The summed E-state index contributed by atoms with van der Waals surface area (Å²) >= 11 is 25.9. The minimum atomic E-state index is -0.540. The lowest BCUT2D eigenvalue weighted by Gasteiger charge is -2.12. The van der Waals surface area contributed by atoms with E-state index in [9.17, 15) is 9.59 Å². The molecule has 0 spiro atoms. The van der Waals surface area contributed by atoms with E-state index in [2.05, 4.69) is 22.7 Å². The Morgan fingerprint density at radius 1 is 0.907 bits per heavy atom. The molecule has 1 amide bonds. The number of thioether (sulfide) groups is 1. The Morgan fingerprint density at radius 3 is 2.07 bits per heavy atom. The number of anilines is 3. The Balaban J connectivity index is 1.62. The van der Waals surface area contributed by atoms with Crippen LogP contribution < -0.4 is 21.9 Å². The number of benzene rings is 2. The third kappa shape index (κ3) is 11.0. The average Bonchev–Trinajstić information content (AvgIpc) is 3.22. The summed E-state index contributed by atoms with van der Waals surface area (Å²) in [7, 11) is 0. The predicted molar refractivity (Wildman–Crippen MR) is 184 cm³/mol. The Bertz CT molecular complexity index is 1440. The van der Waals surface area contributed by atoms with Gasteiger partial charge in [-0.2, -0.15) is 0 Å². The van der Waals surface area contributed by atoms with Gasteiger partial charge in [0.15, 0.2) is 5.17 Å². The van der Waals surface area contributed by atoms with Crippen LogP contribution in [0.2, 0.25) is 20.1 Å². The van der Waals surface area contributed by atoms with Crippen molar-refractivity contribution in [3.63, 3.8) is 0 Å². The van der Waals surface area contributed by atoms with Crippen molar-refractivity contribution in [1.29, 1.82) is 5.41 Å². The summed E-state index contributed by atoms with van der Waals surface area (Å²) in [5, 5.41) is 17.3. The van der Waals surface area contributed by atoms with Gasteiger partial charge in [-0.05, 0) is 48.5 Å². The van der Waals surface area contributed by atoms with Crippen LogP contribution in [0.3, 0.4) is 0 Å². The van der Waals surface area contributed by atoms with E-state index < -0.39 is 5.56 Å². The van der Waals surface area contributed by atoms with Gasteiger partial charge in [-0.1, -0.05) is 118 Å². The molecule has 2 aromatic carbocycles. The highest BCUT2D eigenvalue weighted by Crippen LogP contribution is 2.35. The number of rotatable bonds is 17. The maximum Gasteiger partial charge on any atom is 0.287 e. The van der Waals surface area contributed by atoms with E-state index in [1.54, 1.807) is 18.2 Å². The molecule has 6 N–H and O–H groups in total. The number of hydrogen-bond acceptors (Lipinski definition) is 5. The molecule has 0 radical (unpaired) electrons. The van der Waals surface area contributed by atoms with E-state index in [1.165, 1.54) is 63.5 Å². The second kappa shape index (κ2) is 17.9. The van der Waals surface area contributed by atoms with Crippen LogP contribution in [0, 0.1) is 5.41 Å². The second-order valence-electron chi connectivity index (χ2n) is 10.3. The smallest absolute Gasteiger partial charge is 0.287 e. The molecule has 0 atom stereocenters. The maximum atomic E-state index is 13.3. The van der Waals surface area contributed by atoms with Gasteiger partial charge in [0.1, 0.15) is 16.4 Å². The quantitative estimate of drug-likeness (QED) is 0.0417. The average molecular weight is 689 g/mol. The Kier molecular flexibility index (Phi) is 14.6. The Hall–Kier alpha value is -2.30. The molecule has 1 heterocycles. The highest BCUT2D eigenvalue weighted by atomic mass is 35.5. The number of nitrogens with one attached hydrogen (secondary N) is 4. The molecule has 0 aliphatic carbocycles. The van der Waals surface area contributed by atoms with Crippen LogP contribution in [0.25, 0.3) is 5.69 Å². The topological polar surface area (TPSA) is 129 Å². The van der Waals surface area contributed by atoms with Crippen LogP contribution in [0.15, 0.2) is 40.0 Å². The largest absolute Gasteiger partial charge is 0.378 e. The van der Waals surface area contributed by atoms with Crippen LogP contribution in [0.1, 0.15) is 84.0 Å². The molecule has 13 heteroatoms. The number of nitrogens with zero attached hydrogens (tertiary/aromatic N) is 1. The van der Waals surface area contributed by atoms with Gasteiger partial charge in [0, 0.05) is 17.1 Å². The number of amidine groups is 1. The Labute approximate surface area is 276 Å². The van der Waals surface area contributed by atoms with Gasteiger partial charge in [0.05, 0.1) is 20.8 Å². The van der Waals surface area contributed by atoms with Crippen LogP contribution in [-0.4, -0.2) is 20.9 Å². The van der Waals surface area contributed by atoms with Gasteiger partial charge in [-0.25, -0.2) is 4.68 Å². The SMILES string of the molecule is CCCCCCCCCCCCCC(=O)Nc1ccc(Cl)c(Nc2[nH]n(-c3c(Cl)cc(Cl)cc3Cl)c(=O)c2SC(=N)N)c1. The lowest BCUT2D eigenvalue weighted by atomic mass is 10.1. The summed E-state index contributed by atoms with van der Waals surface area (Å²) in [4.78, 5) is 26.0. The monoisotopic (exact) mass is 686 g/mol. The first-order chi connectivity index (χ1) is 20.6. The van der Waals surface area contributed by atoms with Crippen molar-refractivity contribution < 1.29 is 4.79 Å². The fourth-order valence-corrected chi connectivity index (χ4v) is 6.37. The molecule has 3 rings (SSSR count). The zero-order chi connectivity index (χ0) is 31.4. The highest BCUT2D eigenvalue weighted by molar-refractivity contribution is 8.13. The third-order valence-electron chi connectivity index (χ3n) is 6.78. The number of carbonyl (C=O) groups is 1. The van der Waals surface area contributed by atoms with Crippen LogP contribution >= 0.6 is 58.2 Å². The van der Waals surface area contributed by atoms with Crippen LogP contribution in [-0.2, 0) is 4.79 Å². The van der Waals surface area contributed by atoms with E-state index in [0.717, 1.165) is 35.7 Å². The molecule has 0 fully saturated rings. The standard InChI is InChI=1S/C30H38Cl4N6O2S/c1-2-3-4-5-6-7-8-9-10-11-12-13-25(41)37-20-14-15-21(32)24(18-20)38-28-27(43-30(35)36)29(42)40(39-28)26-22(33)16-19(31)17-23(26)34/h14-18,38-39H,2-13H2,1H3,(H3,35,36)(H,37,41). The summed E-state index contributed by atoms with van der Waals surface area (Å²) in [6, 6.07) is 7.94. The minimum absolute atomic E-state index is 0.0800. The molecule has 8 nitrogen and oxygen atoms in total. The number of aromatic nitrogens is 2. The van der Waals surface area contributed by atoms with E-state index in [1.807, 2.05) is 0 Å². The van der Waals surface area contributed by atoms with Crippen molar-refractivity contribution in [3.05, 3.63) is 60.8 Å². The van der Waals surface area contributed by atoms with Gasteiger partial charge in [-0.15, -0.1) is 0 Å². The van der Waals surface area contributed by atoms with Crippen molar-refractivity contribution >= 4 is 86.4 Å². The molecule has 43 heavy (non-hydrogen) atoms.